The van der Waals surface area contributed by atoms with Gasteiger partial charge in [-0.2, -0.15) is 0 Å². The van der Waals surface area contributed by atoms with Crippen molar-refractivity contribution in [1.29, 1.82) is 0 Å². The van der Waals surface area contributed by atoms with Gasteiger partial charge in [-0.3, -0.25) is 14.9 Å². The van der Waals surface area contributed by atoms with E-state index in [0.717, 1.165) is 0 Å². The molecule has 0 aliphatic heterocycles. The number of methoxy groups -OCH3 is 1. The number of rotatable bonds is 4. The highest BCUT2D eigenvalue weighted by Crippen LogP contribution is 2.33. The molecule has 2 heterocycles. The molecule has 0 atom stereocenters. The molecular formula is C17H14N2O5. The minimum atomic E-state index is -0.573. The standard InChI is InChI=1S/C17H14N2O5/c1-10-15(18-8-4-3-5-13(18)16(10)20)17(21)11-6-7-12(19(22)23)14(9-11)24-2/h3-9,20H,1-2H3. The van der Waals surface area contributed by atoms with E-state index in [2.05, 4.69) is 0 Å². The summed E-state index contributed by atoms with van der Waals surface area (Å²) in [5.74, 6) is -0.316. The van der Waals surface area contributed by atoms with E-state index >= 15 is 0 Å². The number of carbonyl (C=O) groups excluding carboxylic acids is 1. The average Bonchev–Trinajstić information content (AvgIpc) is 2.85. The zero-order valence-electron chi connectivity index (χ0n) is 13.0. The number of fused-ring (bicyclic) bond motifs is 1. The number of nitro groups is 1. The largest absolute Gasteiger partial charge is 0.505 e. The van der Waals surface area contributed by atoms with Gasteiger partial charge in [0.25, 0.3) is 0 Å². The Labute approximate surface area is 136 Å². The van der Waals surface area contributed by atoms with Crippen LogP contribution in [0.25, 0.3) is 5.52 Å². The third-order valence-corrected chi connectivity index (χ3v) is 3.91. The van der Waals surface area contributed by atoms with Crippen molar-refractivity contribution in [3.63, 3.8) is 0 Å². The summed E-state index contributed by atoms with van der Waals surface area (Å²) < 4.78 is 6.60. The summed E-state index contributed by atoms with van der Waals surface area (Å²) >= 11 is 0. The number of hydrogen-bond donors (Lipinski definition) is 1. The van der Waals surface area contributed by atoms with Crippen LogP contribution in [0.15, 0.2) is 42.6 Å². The van der Waals surface area contributed by atoms with Crippen molar-refractivity contribution >= 4 is 17.0 Å². The second kappa shape index (κ2) is 5.69. The molecule has 7 heteroatoms. The van der Waals surface area contributed by atoms with Gasteiger partial charge in [-0.05, 0) is 31.2 Å². The molecule has 0 radical (unpaired) electrons. The summed E-state index contributed by atoms with van der Waals surface area (Å²) in [4.78, 5) is 23.3. The first-order valence-corrected chi connectivity index (χ1v) is 7.11. The number of ether oxygens (including phenoxy) is 1. The summed E-state index contributed by atoms with van der Waals surface area (Å²) in [5, 5.41) is 21.2. The first-order valence-electron chi connectivity index (χ1n) is 7.11. The van der Waals surface area contributed by atoms with Gasteiger partial charge in [-0.25, -0.2) is 0 Å². The molecule has 0 saturated heterocycles. The van der Waals surface area contributed by atoms with Crippen LogP contribution < -0.4 is 4.74 Å². The van der Waals surface area contributed by atoms with E-state index in [1.54, 1.807) is 35.7 Å². The zero-order valence-corrected chi connectivity index (χ0v) is 13.0. The molecule has 0 aliphatic carbocycles. The van der Waals surface area contributed by atoms with Crippen molar-refractivity contribution < 1.29 is 19.6 Å². The first-order chi connectivity index (χ1) is 11.5. The highest BCUT2D eigenvalue weighted by atomic mass is 16.6. The lowest BCUT2D eigenvalue weighted by atomic mass is 10.0. The molecule has 0 amide bonds. The van der Waals surface area contributed by atoms with Crippen molar-refractivity contribution in [1.82, 2.24) is 4.40 Å². The molecule has 7 nitrogen and oxygen atoms in total. The van der Waals surface area contributed by atoms with Gasteiger partial charge < -0.3 is 14.2 Å². The van der Waals surface area contributed by atoms with Crippen LogP contribution in [0, 0.1) is 17.0 Å². The van der Waals surface area contributed by atoms with E-state index in [-0.39, 0.29) is 28.5 Å². The van der Waals surface area contributed by atoms with Crippen molar-refractivity contribution in [3.05, 3.63) is 69.5 Å². The number of nitro benzene ring substituents is 1. The van der Waals surface area contributed by atoms with E-state index in [1.165, 1.54) is 25.3 Å². The summed E-state index contributed by atoms with van der Waals surface area (Å²) in [6, 6.07) is 9.16. The number of pyridine rings is 1. The van der Waals surface area contributed by atoms with Gasteiger partial charge in [0.2, 0.25) is 5.78 Å². The van der Waals surface area contributed by atoms with Crippen LogP contribution >= 0.6 is 0 Å². The van der Waals surface area contributed by atoms with Crippen LogP contribution in [-0.4, -0.2) is 27.3 Å². The molecule has 122 valence electrons. The first kappa shape index (κ1) is 15.5. The van der Waals surface area contributed by atoms with Crippen LogP contribution in [-0.2, 0) is 0 Å². The predicted molar refractivity (Wildman–Crippen MR) is 86.9 cm³/mol. The number of hydrogen-bond acceptors (Lipinski definition) is 5. The summed E-state index contributed by atoms with van der Waals surface area (Å²) in [6.07, 6.45) is 1.68. The lowest BCUT2D eigenvalue weighted by molar-refractivity contribution is -0.385. The van der Waals surface area contributed by atoms with Gasteiger partial charge >= 0.3 is 5.69 Å². The lowest BCUT2D eigenvalue weighted by Gasteiger charge is -2.06. The van der Waals surface area contributed by atoms with Crippen molar-refractivity contribution in [2.75, 3.05) is 7.11 Å². The fourth-order valence-electron chi connectivity index (χ4n) is 2.70. The summed E-state index contributed by atoms with van der Waals surface area (Å²) in [6.45, 7) is 1.65. The number of benzene rings is 1. The van der Waals surface area contributed by atoms with Gasteiger partial charge in [0.15, 0.2) is 5.75 Å². The smallest absolute Gasteiger partial charge is 0.310 e. The Morgan fingerprint density at radius 1 is 1.29 bits per heavy atom. The maximum atomic E-state index is 12.9. The summed E-state index contributed by atoms with van der Waals surface area (Å²) in [7, 11) is 1.31. The normalized spacial score (nSPS) is 10.8. The van der Waals surface area contributed by atoms with Crippen LogP contribution in [0.2, 0.25) is 0 Å². The molecule has 24 heavy (non-hydrogen) atoms. The number of aromatic hydroxyl groups is 1. The molecule has 3 aromatic rings. The van der Waals surface area contributed by atoms with Crippen LogP contribution in [0.3, 0.4) is 0 Å². The topological polar surface area (TPSA) is 94.1 Å². The maximum Gasteiger partial charge on any atom is 0.310 e. The Bertz CT molecular complexity index is 975. The molecular weight excluding hydrogens is 312 g/mol. The predicted octanol–water partition coefficient (Wildman–Crippen LogP) is 3.10. The van der Waals surface area contributed by atoms with E-state index in [4.69, 9.17) is 4.74 Å². The molecule has 0 aliphatic rings. The minimum absolute atomic E-state index is 0.00795. The molecule has 0 bridgehead atoms. The number of ketones is 1. The van der Waals surface area contributed by atoms with Crippen molar-refractivity contribution in [3.8, 4) is 11.5 Å². The molecule has 3 rings (SSSR count). The Balaban J connectivity index is 2.17. The number of aromatic nitrogens is 1. The Morgan fingerprint density at radius 2 is 2.04 bits per heavy atom. The molecule has 0 unspecified atom stereocenters. The van der Waals surface area contributed by atoms with Gasteiger partial charge in [-0.15, -0.1) is 0 Å². The van der Waals surface area contributed by atoms with E-state index < -0.39 is 4.92 Å². The van der Waals surface area contributed by atoms with Crippen LogP contribution in [0.1, 0.15) is 21.6 Å². The quantitative estimate of drug-likeness (QED) is 0.451. The molecule has 2 aromatic heterocycles. The van der Waals surface area contributed by atoms with E-state index in [0.29, 0.717) is 16.8 Å². The number of carbonyl (C=O) groups is 1. The third-order valence-electron chi connectivity index (χ3n) is 3.91. The molecule has 1 N–H and O–H groups in total. The second-order valence-electron chi connectivity index (χ2n) is 5.25. The van der Waals surface area contributed by atoms with Crippen LogP contribution in [0.4, 0.5) is 5.69 Å². The minimum Gasteiger partial charge on any atom is -0.505 e. The van der Waals surface area contributed by atoms with Gasteiger partial charge in [-0.1, -0.05) is 6.07 Å². The highest BCUT2D eigenvalue weighted by Gasteiger charge is 2.23. The lowest BCUT2D eigenvalue weighted by Crippen LogP contribution is -2.07. The average molecular weight is 326 g/mol. The Kier molecular flexibility index (Phi) is 3.69. The maximum absolute atomic E-state index is 12.9. The van der Waals surface area contributed by atoms with Gasteiger partial charge in [0, 0.05) is 23.4 Å². The monoisotopic (exact) mass is 326 g/mol. The van der Waals surface area contributed by atoms with Gasteiger partial charge in [0.05, 0.1) is 17.5 Å². The third kappa shape index (κ3) is 2.26. The Morgan fingerprint density at radius 3 is 2.71 bits per heavy atom. The highest BCUT2D eigenvalue weighted by molar-refractivity contribution is 6.10. The zero-order chi connectivity index (χ0) is 17.4. The van der Waals surface area contributed by atoms with Crippen LogP contribution in [0.5, 0.6) is 11.5 Å². The van der Waals surface area contributed by atoms with E-state index in [1.807, 2.05) is 0 Å². The molecule has 1 aromatic carbocycles. The SMILES string of the molecule is COc1cc(C(=O)c2c(C)c(O)c3ccccn23)ccc1[N+](=O)[O-]. The number of nitrogens with zero attached hydrogens (tertiary/aromatic N) is 2. The summed E-state index contributed by atoms with van der Waals surface area (Å²) in [5.41, 5.74) is 1.30. The van der Waals surface area contributed by atoms with Gasteiger partial charge in [0.1, 0.15) is 11.4 Å². The molecule has 0 fully saturated rings. The van der Waals surface area contributed by atoms with Crippen molar-refractivity contribution in [2.45, 2.75) is 6.92 Å². The Hall–Kier alpha value is -3.35. The fraction of sp³-hybridized carbons (Fsp3) is 0.118. The van der Waals surface area contributed by atoms with Crippen molar-refractivity contribution in [2.24, 2.45) is 0 Å². The molecule has 0 saturated carbocycles. The molecule has 0 spiro atoms. The second-order valence-corrected chi connectivity index (χ2v) is 5.25. The fourth-order valence-corrected chi connectivity index (χ4v) is 2.70. The van der Waals surface area contributed by atoms with E-state index in [9.17, 15) is 20.0 Å².